The molecule has 1 fully saturated rings. The molecule has 0 atom stereocenters. The maximum atomic E-state index is 12.8. The molecule has 1 aromatic carbocycles. The Hall–Kier alpha value is -0.980. The quantitative estimate of drug-likeness (QED) is 0.904. The van der Waals surface area contributed by atoms with Gasteiger partial charge >= 0.3 is 0 Å². The van der Waals surface area contributed by atoms with Gasteiger partial charge in [-0.05, 0) is 63.2 Å². The topological polar surface area (TPSA) is 49.4 Å². The molecule has 1 aromatic rings. The number of nitrogens with zero attached hydrogens (tertiary/aromatic N) is 1. The lowest BCUT2D eigenvalue weighted by Crippen LogP contribution is -2.44. The molecule has 0 unspecified atom stereocenters. The first-order valence-corrected chi connectivity index (χ1v) is 8.50. The van der Waals surface area contributed by atoms with Crippen LogP contribution in [-0.2, 0) is 10.0 Å². The average molecular weight is 300 g/mol. The summed E-state index contributed by atoms with van der Waals surface area (Å²) >= 11 is 0. The number of likely N-dealkylation sites (tertiary alicyclic amines) is 1. The summed E-state index contributed by atoms with van der Waals surface area (Å²) in [5.74, 6) is -0.433. The summed E-state index contributed by atoms with van der Waals surface area (Å²) in [5.41, 5.74) is 0. The predicted octanol–water partition coefficient (Wildman–Crippen LogP) is 1.98. The third kappa shape index (κ3) is 4.01. The molecule has 1 aliphatic heterocycles. The SMILES string of the molecule is CCCN1CCC(NS(=O)(=O)c2ccc(F)cc2)CC1. The molecule has 0 aliphatic carbocycles. The minimum atomic E-state index is -3.54. The van der Waals surface area contributed by atoms with Crippen LogP contribution in [0, 0.1) is 5.82 Å². The Morgan fingerprint density at radius 3 is 2.40 bits per heavy atom. The highest BCUT2D eigenvalue weighted by molar-refractivity contribution is 7.89. The first kappa shape index (κ1) is 15.4. The minimum absolute atomic E-state index is 0.0295. The van der Waals surface area contributed by atoms with Gasteiger partial charge in [-0.1, -0.05) is 6.92 Å². The second kappa shape index (κ2) is 6.65. The zero-order valence-electron chi connectivity index (χ0n) is 11.7. The van der Waals surface area contributed by atoms with Crippen molar-refractivity contribution in [3.63, 3.8) is 0 Å². The number of nitrogens with one attached hydrogen (secondary N) is 1. The smallest absolute Gasteiger partial charge is 0.240 e. The van der Waals surface area contributed by atoms with Crippen molar-refractivity contribution < 1.29 is 12.8 Å². The number of rotatable bonds is 5. The molecule has 0 bridgehead atoms. The Bertz CT molecular complexity index is 523. The van der Waals surface area contributed by atoms with E-state index in [1.165, 1.54) is 24.3 Å². The third-order valence-corrected chi connectivity index (χ3v) is 5.11. The molecule has 0 spiro atoms. The molecule has 0 radical (unpaired) electrons. The molecular formula is C14H21FN2O2S. The van der Waals surface area contributed by atoms with Gasteiger partial charge in [0.05, 0.1) is 4.90 Å². The fourth-order valence-corrected chi connectivity index (χ4v) is 3.80. The zero-order chi connectivity index (χ0) is 14.6. The molecule has 6 heteroatoms. The molecule has 1 saturated heterocycles. The highest BCUT2D eigenvalue weighted by Crippen LogP contribution is 2.15. The molecule has 0 saturated carbocycles. The highest BCUT2D eigenvalue weighted by Gasteiger charge is 2.24. The van der Waals surface area contributed by atoms with Crippen molar-refractivity contribution in [3.8, 4) is 0 Å². The summed E-state index contributed by atoms with van der Waals surface area (Å²) in [6, 6.07) is 4.89. The van der Waals surface area contributed by atoms with Crippen LogP contribution in [0.3, 0.4) is 0 Å². The van der Waals surface area contributed by atoms with Crippen LogP contribution in [0.4, 0.5) is 4.39 Å². The molecule has 4 nitrogen and oxygen atoms in total. The second-order valence-electron chi connectivity index (χ2n) is 5.19. The van der Waals surface area contributed by atoms with Crippen LogP contribution in [0.2, 0.25) is 0 Å². The summed E-state index contributed by atoms with van der Waals surface area (Å²) < 4.78 is 39.9. The van der Waals surface area contributed by atoms with Gasteiger partial charge in [-0.3, -0.25) is 0 Å². The minimum Gasteiger partial charge on any atom is -0.303 e. The van der Waals surface area contributed by atoms with E-state index in [0.29, 0.717) is 0 Å². The fourth-order valence-electron chi connectivity index (χ4n) is 2.49. The summed E-state index contributed by atoms with van der Waals surface area (Å²) in [6.45, 7) is 5.05. The van der Waals surface area contributed by atoms with Gasteiger partial charge in [0.25, 0.3) is 0 Å². The normalized spacial score (nSPS) is 18.3. The monoisotopic (exact) mass is 300 g/mol. The van der Waals surface area contributed by atoms with Gasteiger partial charge in [-0.25, -0.2) is 17.5 Å². The maximum absolute atomic E-state index is 12.8. The van der Waals surface area contributed by atoms with Gasteiger partial charge in [0.2, 0.25) is 10.0 Å². The van der Waals surface area contributed by atoms with E-state index in [2.05, 4.69) is 16.5 Å². The van der Waals surface area contributed by atoms with Crippen molar-refractivity contribution in [2.24, 2.45) is 0 Å². The van der Waals surface area contributed by atoms with E-state index < -0.39 is 15.8 Å². The number of sulfonamides is 1. The second-order valence-corrected chi connectivity index (χ2v) is 6.91. The van der Waals surface area contributed by atoms with Gasteiger partial charge in [-0.15, -0.1) is 0 Å². The molecule has 1 aliphatic rings. The lowest BCUT2D eigenvalue weighted by Gasteiger charge is -2.31. The largest absolute Gasteiger partial charge is 0.303 e. The molecular weight excluding hydrogens is 279 g/mol. The predicted molar refractivity (Wildman–Crippen MR) is 76.5 cm³/mol. The lowest BCUT2D eigenvalue weighted by molar-refractivity contribution is 0.208. The highest BCUT2D eigenvalue weighted by atomic mass is 32.2. The Morgan fingerprint density at radius 2 is 1.85 bits per heavy atom. The molecule has 112 valence electrons. The summed E-state index contributed by atoms with van der Waals surface area (Å²) in [7, 11) is -3.54. The molecule has 20 heavy (non-hydrogen) atoms. The van der Waals surface area contributed by atoms with E-state index in [1.54, 1.807) is 0 Å². The Morgan fingerprint density at radius 1 is 1.25 bits per heavy atom. The van der Waals surface area contributed by atoms with E-state index in [-0.39, 0.29) is 10.9 Å². The van der Waals surface area contributed by atoms with Crippen molar-refractivity contribution in [3.05, 3.63) is 30.1 Å². The van der Waals surface area contributed by atoms with Crippen LogP contribution < -0.4 is 4.72 Å². The van der Waals surface area contributed by atoms with Crippen molar-refractivity contribution in [1.82, 2.24) is 9.62 Å². The van der Waals surface area contributed by atoms with E-state index >= 15 is 0 Å². The van der Waals surface area contributed by atoms with Crippen molar-refractivity contribution in [2.45, 2.75) is 37.1 Å². The summed E-state index contributed by atoms with van der Waals surface area (Å²) in [5, 5.41) is 0. The van der Waals surface area contributed by atoms with E-state index in [9.17, 15) is 12.8 Å². The average Bonchev–Trinajstić information content (AvgIpc) is 2.41. The van der Waals surface area contributed by atoms with Gasteiger partial charge in [0, 0.05) is 6.04 Å². The molecule has 1 heterocycles. The van der Waals surface area contributed by atoms with Crippen molar-refractivity contribution >= 4 is 10.0 Å². The fraction of sp³-hybridized carbons (Fsp3) is 0.571. The number of benzene rings is 1. The van der Waals surface area contributed by atoms with Gasteiger partial charge < -0.3 is 4.90 Å². The van der Waals surface area contributed by atoms with Crippen LogP contribution in [0.1, 0.15) is 26.2 Å². The Balaban J connectivity index is 1.94. The standard InChI is InChI=1S/C14H21FN2O2S/c1-2-9-17-10-7-13(8-11-17)16-20(18,19)14-5-3-12(15)4-6-14/h3-6,13,16H,2,7-11H2,1H3. The van der Waals surface area contributed by atoms with Crippen molar-refractivity contribution in [2.75, 3.05) is 19.6 Å². The van der Waals surface area contributed by atoms with E-state index in [1.807, 2.05) is 0 Å². The van der Waals surface area contributed by atoms with Crippen LogP contribution in [0.15, 0.2) is 29.2 Å². The number of hydrogen-bond donors (Lipinski definition) is 1. The molecule has 1 N–H and O–H groups in total. The Kier molecular flexibility index (Phi) is 5.12. The van der Waals surface area contributed by atoms with Crippen LogP contribution in [0.25, 0.3) is 0 Å². The van der Waals surface area contributed by atoms with Gasteiger partial charge in [0.1, 0.15) is 5.82 Å². The molecule has 2 rings (SSSR count). The Labute approximate surface area is 120 Å². The zero-order valence-corrected chi connectivity index (χ0v) is 12.5. The number of hydrogen-bond acceptors (Lipinski definition) is 3. The van der Waals surface area contributed by atoms with E-state index in [4.69, 9.17) is 0 Å². The first-order valence-electron chi connectivity index (χ1n) is 7.01. The summed E-state index contributed by atoms with van der Waals surface area (Å²) in [4.78, 5) is 2.47. The van der Waals surface area contributed by atoms with Crippen LogP contribution in [0.5, 0.6) is 0 Å². The molecule has 0 aromatic heterocycles. The number of piperidine rings is 1. The van der Waals surface area contributed by atoms with Gasteiger partial charge in [-0.2, -0.15) is 0 Å². The maximum Gasteiger partial charge on any atom is 0.240 e. The van der Waals surface area contributed by atoms with E-state index in [0.717, 1.165) is 38.9 Å². The number of halogens is 1. The summed E-state index contributed by atoms with van der Waals surface area (Å²) in [6.07, 6.45) is 2.76. The first-order chi connectivity index (χ1) is 9.51. The van der Waals surface area contributed by atoms with Gasteiger partial charge in [0.15, 0.2) is 0 Å². The lowest BCUT2D eigenvalue weighted by atomic mass is 10.1. The van der Waals surface area contributed by atoms with Crippen LogP contribution in [-0.4, -0.2) is 39.0 Å². The third-order valence-electron chi connectivity index (χ3n) is 3.57. The van der Waals surface area contributed by atoms with Crippen LogP contribution >= 0.6 is 0 Å². The molecule has 0 amide bonds. The van der Waals surface area contributed by atoms with Crippen molar-refractivity contribution in [1.29, 1.82) is 0 Å².